The highest BCUT2D eigenvalue weighted by molar-refractivity contribution is 5.94. The average molecular weight is 418 g/mol. The van der Waals surface area contributed by atoms with Crippen molar-refractivity contribution in [2.75, 3.05) is 13.2 Å². The van der Waals surface area contributed by atoms with Gasteiger partial charge in [0.2, 0.25) is 5.91 Å². The Bertz CT molecular complexity index is 951. The van der Waals surface area contributed by atoms with E-state index in [1.165, 1.54) is 0 Å². The Hall–Kier alpha value is -3.10. The van der Waals surface area contributed by atoms with Gasteiger partial charge in [-0.1, -0.05) is 55.8 Å². The lowest BCUT2D eigenvalue weighted by atomic mass is 9.96. The second kappa shape index (κ2) is 11.3. The Morgan fingerprint density at radius 3 is 2.68 bits per heavy atom. The van der Waals surface area contributed by atoms with E-state index in [9.17, 15) is 10.1 Å². The molecule has 3 rings (SSSR count). The topological polar surface area (TPSA) is 88.1 Å². The van der Waals surface area contributed by atoms with Crippen LogP contribution in [0.25, 0.3) is 11.1 Å². The summed E-state index contributed by atoms with van der Waals surface area (Å²) in [5, 5.41) is 12.4. The van der Waals surface area contributed by atoms with Crippen LogP contribution in [0.3, 0.4) is 0 Å². The van der Waals surface area contributed by atoms with Crippen LogP contribution < -0.4 is 11.1 Å². The van der Waals surface area contributed by atoms with E-state index in [0.29, 0.717) is 36.2 Å². The number of hydrogen-bond donors (Lipinski definition) is 2. The molecular weight excluding hydrogens is 386 g/mol. The number of rotatable bonds is 9. The van der Waals surface area contributed by atoms with Crippen LogP contribution >= 0.6 is 0 Å². The Kier molecular flexibility index (Phi) is 8.26. The maximum Gasteiger partial charge on any atom is 0.249 e. The number of nitrogens with zero attached hydrogens (tertiary/aromatic N) is 1. The summed E-state index contributed by atoms with van der Waals surface area (Å²) >= 11 is 0. The summed E-state index contributed by atoms with van der Waals surface area (Å²) < 4.78 is 5.62. The van der Waals surface area contributed by atoms with Crippen molar-refractivity contribution in [2.45, 2.75) is 51.6 Å². The molecule has 3 N–H and O–H groups in total. The first-order chi connectivity index (χ1) is 15.1. The van der Waals surface area contributed by atoms with Gasteiger partial charge < -0.3 is 15.8 Å². The van der Waals surface area contributed by atoms with Crippen molar-refractivity contribution in [1.29, 1.82) is 5.26 Å². The number of amides is 1. The summed E-state index contributed by atoms with van der Waals surface area (Å²) in [6.45, 7) is 3.40. The van der Waals surface area contributed by atoms with Crippen LogP contribution in [0.5, 0.6) is 0 Å². The van der Waals surface area contributed by atoms with Gasteiger partial charge in [0.05, 0.1) is 17.7 Å². The van der Waals surface area contributed by atoms with Crippen LogP contribution in [0, 0.1) is 11.3 Å². The van der Waals surface area contributed by atoms with Gasteiger partial charge in [0.1, 0.15) is 0 Å². The first kappa shape index (κ1) is 22.6. The lowest BCUT2D eigenvalue weighted by molar-refractivity contribution is -0.118. The number of carbonyl (C=O) groups excluding carboxylic acids is 1. The molecule has 31 heavy (non-hydrogen) atoms. The molecular formula is C26H31N3O2. The standard InChI is InChI=1S/C26H31N3O2/c1-2-3-10-25(28)24(26(30)29-18-22-8-6-15-31-22)16-19-11-13-20(14-12-19)23-9-5-4-7-21(23)17-27/h4-5,7,9,11-14,22H,2-3,6,8,10,15-16,18,28H2,1H3,(H,29,30)/b25-24-. The third kappa shape index (κ3) is 6.19. The Balaban J connectivity index is 1.75. The van der Waals surface area contributed by atoms with E-state index in [0.717, 1.165) is 49.0 Å². The second-order valence-electron chi connectivity index (χ2n) is 7.98. The molecule has 1 saturated heterocycles. The van der Waals surface area contributed by atoms with Crippen molar-refractivity contribution in [3.05, 3.63) is 70.9 Å². The Labute approximate surface area is 184 Å². The molecule has 162 valence electrons. The third-order valence-electron chi connectivity index (χ3n) is 5.67. The zero-order valence-electron chi connectivity index (χ0n) is 18.2. The molecule has 5 heteroatoms. The van der Waals surface area contributed by atoms with Crippen LogP contribution in [0.2, 0.25) is 0 Å². The zero-order valence-corrected chi connectivity index (χ0v) is 18.2. The fraction of sp³-hybridized carbons (Fsp3) is 0.385. The van der Waals surface area contributed by atoms with Gasteiger partial charge in [0, 0.05) is 30.8 Å². The average Bonchev–Trinajstić information content (AvgIpc) is 3.33. The highest BCUT2D eigenvalue weighted by Gasteiger charge is 2.19. The largest absolute Gasteiger partial charge is 0.402 e. The summed E-state index contributed by atoms with van der Waals surface area (Å²) in [6, 6.07) is 17.8. The molecule has 0 bridgehead atoms. The number of nitrogens with two attached hydrogens (primary N) is 1. The van der Waals surface area contributed by atoms with Gasteiger partial charge in [-0.2, -0.15) is 5.26 Å². The zero-order chi connectivity index (χ0) is 22.1. The molecule has 2 aromatic carbocycles. The maximum atomic E-state index is 12.9. The van der Waals surface area contributed by atoms with Gasteiger partial charge in [-0.05, 0) is 48.4 Å². The summed E-state index contributed by atoms with van der Waals surface area (Å²) in [6.07, 6.45) is 5.30. The van der Waals surface area contributed by atoms with Crippen molar-refractivity contribution >= 4 is 5.91 Å². The van der Waals surface area contributed by atoms with Gasteiger partial charge in [-0.3, -0.25) is 4.79 Å². The molecule has 5 nitrogen and oxygen atoms in total. The monoisotopic (exact) mass is 417 g/mol. The molecule has 1 amide bonds. The second-order valence-corrected chi connectivity index (χ2v) is 7.98. The summed E-state index contributed by atoms with van der Waals surface area (Å²) in [4.78, 5) is 12.9. The normalized spacial score (nSPS) is 16.5. The Morgan fingerprint density at radius 1 is 1.23 bits per heavy atom. The van der Waals surface area contributed by atoms with Crippen LogP contribution in [-0.4, -0.2) is 25.2 Å². The number of carbonyl (C=O) groups is 1. The van der Waals surface area contributed by atoms with E-state index in [1.54, 1.807) is 0 Å². The molecule has 1 unspecified atom stereocenters. The number of ether oxygens (including phenoxy) is 1. The first-order valence-corrected chi connectivity index (χ1v) is 11.1. The predicted molar refractivity (Wildman–Crippen MR) is 123 cm³/mol. The molecule has 0 aromatic heterocycles. The van der Waals surface area contributed by atoms with Crippen molar-refractivity contribution < 1.29 is 9.53 Å². The summed E-state index contributed by atoms with van der Waals surface area (Å²) in [5.41, 5.74) is 11.2. The molecule has 1 atom stereocenters. The molecule has 2 aromatic rings. The van der Waals surface area contributed by atoms with E-state index in [4.69, 9.17) is 10.5 Å². The first-order valence-electron chi connectivity index (χ1n) is 11.1. The van der Waals surface area contributed by atoms with Gasteiger partial charge in [-0.15, -0.1) is 0 Å². The van der Waals surface area contributed by atoms with E-state index in [-0.39, 0.29) is 12.0 Å². The van der Waals surface area contributed by atoms with Crippen molar-refractivity contribution in [1.82, 2.24) is 5.32 Å². The van der Waals surface area contributed by atoms with Gasteiger partial charge in [0.15, 0.2) is 0 Å². The quantitative estimate of drug-likeness (QED) is 0.590. The highest BCUT2D eigenvalue weighted by Crippen LogP contribution is 2.24. The smallest absolute Gasteiger partial charge is 0.249 e. The van der Waals surface area contributed by atoms with Crippen molar-refractivity contribution in [3.8, 4) is 17.2 Å². The van der Waals surface area contributed by atoms with E-state index >= 15 is 0 Å². The number of benzene rings is 2. The summed E-state index contributed by atoms with van der Waals surface area (Å²) in [5.74, 6) is -0.108. The molecule has 1 heterocycles. The molecule has 0 saturated carbocycles. The van der Waals surface area contributed by atoms with Gasteiger partial charge >= 0.3 is 0 Å². The fourth-order valence-electron chi connectivity index (χ4n) is 3.81. The fourth-order valence-corrected chi connectivity index (χ4v) is 3.81. The SMILES string of the molecule is CCCC/C(N)=C(\Cc1ccc(-c2ccccc2C#N)cc1)C(=O)NCC1CCCO1. The summed E-state index contributed by atoms with van der Waals surface area (Å²) in [7, 11) is 0. The van der Waals surface area contributed by atoms with Gasteiger partial charge in [-0.25, -0.2) is 0 Å². The van der Waals surface area contributed by atoms with Crippen molar-refractivity contribution in [2.24, 2.45) is 5.73 Å². The lowest BCUT2D eigenvalue weighted by Gasteiger charge is -2.15. The minimum absolute atomic E-state index is 0.0987. The van der Waals surface area contributed by atoms with Gasteiger partial charge in [0.25, 0.3) is 0 Å². The minimum Gasteiger partial charge on any atom is -0.402 e. The Morgan fingerprint density at radius 2 is 2.00 bits per heavy atom. The van der Waals surface area contributed by atoms with Crippen LogP contribution in [-0.2, 0) is 16.0 Å². The molecule has 1 aliphatic heterocycles. The van der Waals surface area contributed by atoms with Crippen molar-refractivity contribution in [3.63, 3.8) is 0 Å². The van der Waals surface area contributed by atoms with Crippen LogP contribution in [0.4, 0.5) is 0 Å². The third-order valence-corrected chi connectivity index (χ3v) is 5.67. The van der Waals surface area contributed by atoms with E-state index < -0.39 is 0 Å². The van der Waals surface area contributed by atoms with Crippen LogP contribution in [0.1, 0.15) is 50.2 Å². The highest BCUT2D eigenvalue weighted by atomic mass is 16.5. The maximum absolute atomic E-state index is 12.9. The molecule has 1 fully saturated rings. The molecule has 0 radical (unpaired) electrons. The number of unbranched alkanes of at least 4 members (excludes halogenated alkanes) is 1. The van der Waals surface area contributed by atoms with E-state index in [2.05, 4.69) is 18.3 Å². The molecule has 1 aliphatic rings. The minimum atomic E-state index is -0.108. The van der Waals surface area contributed by atoms with E-state index in [1.807, 2.05) is 48.5 Å². The number of hydrogen-bond acceptors (Lipinski definition) is 4. The number of nitrogens with one attached hydrogen (secondary N) is 1. The molecule has 0 spiro atoms. The number of allylic oxidation sites excluding steroid dienone is 1. The predicted octanol–water partition coefficient (Wildman–Crippen LogP) is 4.47. The molecule has 0 aliphatic carbocycles. The van der Waals surface area contributed by atoms with Crippen LogP contribution in [0.15, 0.2) is 59.8 Å². The lowest BCUT2D eigenvalue weighted by Crippen LogP contribution is -2.34. The number of nitriles is 1.